The Morgan fingerprint density at radius 2 is 0.904 bits per heavy atom. The zero-order valence-electron chi connectivity index (χ0n) is 30.6. The summed E-state index contributed by atoms with van der Waals surface area (Å²) < 4.78 is 5.03. The van der Waals surface area contributed by atoms with Gasteiger partial charge in [0.05, 0.1) is 12.6 Å². The minimum atomic E-state index is -0.883. The van der Waals surface area contributed by atoms with Gasteiger partial charge in [0.2, 0.25) is 35.4 Å². The molecule has 14 nitrogen and oxygen atoms in total. The van der Waals surface area contributed by atoms with Gasteiger partial charge in [-0.15, -0.1) is 0 Å². The largest absolute Gasteiger partial charge is 0.383 e. The van der Waals surface area contributed by atoms with E-state index in [-0.39, 0.29) is 67.7 Å². The number of rotatable bonds is 33. The van der Waals surface area contributed by atoms with Crippen molar-refractivity contribution < 1.29 is 38.3 Å². The van der Waals surface area contributed by atoms with Gasteiger partial charge in [-0.25, -0.2) is 0 Å². The molecule has 18 heteroatoms. The van der Waals surface area contributed by atoms with Crippen molar-refractivity contribution >= 4 is 91.7 Å². The van der Waals surface area contributed by atoms with Gasteiger partial charge in [-0.05, 0) is 74.4 Å². The lowest BCUT2D eigenvalue weighted by Gasteiger charge is -2.23. The third kappa shape index (κ3) is 26.6. The first-order chi connectivity index (χ1) is 25.0. The van der Waals surface area contributed by atoms with Gasteiger partial charge in [0, 0.05) is 58.8 Å². The predicted molar refractivity (Wildman–Crippen MR) is 216 cm³/mol. The summed E-state index contributed by atoms with van der Waals surface area (Å²) in [4.78, 5) is 87.7. The van der Waals surface area contributed by atoms with Crippen molar-refractivity contribution in [3.8, 4) is 0 Å². The second kappa shape index (κ2) is 33.4. The Hall–Kier alpha value is -2.15. The second-order valence-electron chi connectivity index (χ2n) is 12.2. The van der Waals surface area contributed by atoms with Crippen LogP contribution in [-0.4, -0.2) is 116 Å². The summed E-state index contributed by atoms with van der Waals surface area (Å²) in [6.45, 7) is 1.45. The SMILES string of the molecule is COCCNC(=O)C(CCCCCC(=O)C(CCCCNC(=O)CCS)NC(=O)CCS)NC(=O)C(CCCCNC(=O)CCS)NC(=O)CCS. The normalized spacial score (nSPS) is 12.6. The van der Waals surface area contributed by atoms with Gasteiger partial charge >= 0.3 is 0 Å². The monoisotopic (exact) mass is 810 g/mol. The van der Waals surface area contributed by atoms with Crippen molar-refractivity contribution in [3.05, 3.63) is 0 Å². The lowest BCUT2D eigenvalue weighted by molar-refractivity contribution is -0.132. The van der Waals surface area contributed by atoms with Crippen molar-refractivity contribution in [2.75, 3.05) is 56.4 Å². The van der Waals surface area contributed by atoms with Crippen molar-refractivity contribution in [1.82, 2.24) is 31.9 Å². The van der Waals surface area contributed by atoms with Crippen molar-refractivity contribution in [1.29, 1.82) is 0 Å². The van der Waals surface area contributed by atoms with E-state index in [1.165, 1.54) is 7.11 Å². The number of ether oxygens (including phenoxy) is 1. The minimum absolute atomic E-state index is 0.0752. The van der Waals surface area contributed by atoms with Crippen LogP contribution in [-0.2, 0) is 38.3 Å². The van der Waals surface area contributed by atoms with Crippen LogP contribution >= 0.6 is 50.5 Å². The van der Waals surface area contributed by atoms with E-state index >= 15 is 0 Å². The first kappa shape index (κ1) is 49.9. The summed E-state index contributed by atoms with van der Waals surface area (Å²) in [5, 5.41) is 16.7. The molecule has 0 radical (unpaired) electrons. The summed E-state index contributed by atoms with van der Waals surface area (Å²) in [5.41, 5.74) is 0. The van der Waals surface area contributed by atoms with Crippen LogP contribution in [0.15, 0.2) is 0 Å². The number of ketones is 1. The van der Waals surface area contributed by atoms with Crippen LogP contribution in [0.5, 0.6) is 0 Å². The van der Waals surface area contributed by atoms with E-state index in [4.69, 9.17) is 4.74 Å². The van der Waals surface area contributed by atoms with E-state index < -0.39 is 24.0 Å². The van der Waals surface area contributed by atoms with E-state index in [1.54, 1.807) is 0 Å². The summed E-state index contributed by atoms with van der Waals surface area (Å²) in [6, 6.07) is -2.41. The van der Waals surface area contributed by atoms with Gasteiger partial charge in [0.1, 0.15) is 12.1 Å². The van der Waals surface area contributed by atoms with E-state index in [1.807, 2.05) is 0 Å². The predicted octanol–water partition coefficient (Wildman–Crippen LogP) is 1.58. The van der Waals surface area contributed by atoms with Gasteiger partial charge in [0.15, 0.2) is 5.78 Å². The maximum Gasteiger partial charge on any atom is 0.243 e. The Labute approximate surface area is 331 Å². The molecule has 0 bridgehead atoms. The molecule has 0 aromatic carbocycles. The third-order valence-electron chi connectivity index (χ3n) is 7.87. The number of methoxy groups -OCH3 is 1. The fraction of sp³-hybridized carbons (Fsp3) is 0.794. The minimum Gasteiger partial charge on any atom is -0.383 e. The number of hydrogen-bond acceptors (Lipinski definition) is 12. The first-order valence-electron chi connectivity index (χ1n) is 18.2. The van der Waals surface area contributed by atoms with Crippen molar-refractivity contribution in [3.63, 3.8) is 0 Å². The highest BCUT2D eigenvalue weighted by Crippen LogP contribution is 2.12. The van der Waals surface area contributed by atoms with Crippen molar-refractivity contribution in [2.45, 2.75) is 114 Å². The zero-order valence-corrected chi connectivity index (χ0v) is 34.1. The lowest BCUT2D eigenvalue weighted by atomic mass is 9.99. The van der Waals surface area contributed by atoms with Gasteiger partial charge < -0.3 is 36.6 Å². The van der Waals surface area contributed by atoms with Crippen LogP contribution in [0.4, 0.5) is 0 Å². The molecule has 3 atom stereocenters. The number of amides is 6. The van der Waals surface area contributed by atoms with Gasteiger partial charge in [-0.2, -0.15) is 50.5 Å². The molecule has 0 aliphatic rings. The molecule has 0 aliphatic heterocycles. The third-order valence-corrected chi connectivity index (χ3v) is 8.76. The zero-order chi connectivity index (χ0) is 39.0. The molecular weight excluding hydrogens is 749 g/mol. The standard InChI is InChI=1S/C34H62N6O8S4/c1-48-20-19-37-33(46)26(40-34(47)27(39-32(45)16-24-52)11-6-8-18-36-30(43)14-22-50)10-3-2-4-12-28(41)25(38-31(44)15-23-51)9-5-7-17-35-29(42)13-21-49/h25-27,49-52H,2-24H2,1H3,(H,35,42)(H,36,43)(H,37,46)(H,38,44)(H,39,45)(H,40,47). The molecule has 0 rings (SSSR count). The molecule has 0 heterocycles. The summed E-state index contributed by atoms with van der Waals surface area (Å²) in [6.07, 6.45) is 6.36. The van der Waals surface area contributed by atoms with Gasteiger partial charge in [-0.3, -0.25) is 33.6 Å². The number of carbonyl (C=O) groups is 7. The Morgan fingerprint density at radius 1 is 0.462 bits per heavy atom. The Morgan fingerprint density at radius 3 is 1.40 bits per heavy atom. The lowest BCUT2D eigenvalue weighted by Crippen LogP contribution is -2.54. The molecule has 3 unspecified atom stereocenters. The van der Waals surface area contributed by atoms with E-state index in [0.29, 0.717) is 113 Å². The molecule has 52 heavy (non-hydrogen) atoms. The number of Topliss-reactive ketones (excluding diaryl/α,β-unsaturated/α-hetero) is 1. The number of unbranched alkanes of at least 4 members (excludes halogenated alkanes) is 4. The fourth-order valence-electron chi connectivity index (χ4n) is 5.04. The highest BCUT2D eigenvalue weighted by molar-refractivity contribution is 7.80. The van der Waals surface area contributed by atoms with Crippen LogP contribution < -0.4 is 31.9 Å². The quantitative estimate of drug-likeness (QED) is 0.0348. The van der Waals surface area contributed by atoms with Crippen LogP contribution in [0, 0.1) is 0 Å². The highest BCUT2D eigenvalue weighted by atomic mass is 32.1. The molecule has 6 amide bonds. The maximum absolute atomic E-state index is 13.4. The van der Waals surface area contributed by atoms with Crippen LogP contribution in [0.3, 0.4) is 0 Å². The second-order valence-corrected chi connectivity index (χ2v) is 14.0. The molecule has 0 spiro atoms. The smallest absolute Gasteiger partial charge is 0.243 e. The van der Waals surface area contributed by atoms with Crippen LogP contribution in [0.25, 0.3) is 0 Å². The van der Waals surface area contributed by atoms with Crippen LogP contribution in [0.2, 0.25) is 0 Å². The van der Waals surface area contributed by atoms with Crippen molar-refractivity contribution in [2.24, 2.45) is 0 Å². The van der Waals surface area contributed by atoms with Gasteiger partial charge in [0.25, 0.3) is 0 Å². The molecule has 6 N–H and O–H groups in total. The number of thiol groups is 4. The topological polar surface area (TPSA) is 201 Å². The molecule has 300 valence electrons. The van der Waals surface area contributed by atoms with E-state index in [9.17, 15) is 33.6 Å². The molecule has 0 aliphatic carbocycles. The highest BCUT2D eigenvalue weighted by Gasteiger charge is 2.26. The number of hydrogen-bond donors (Lipinski definition) is 10. The number of nitrogens with one attached hydrogen (secondary N) is 6. The van der Waals surface area contributed by atoms with E-state index in [2.05, 4.69) is 82.4 Å². The average molecular weight is 811 g/mol. The molecule has 0 fully saturated rings. The summed E-state index contributed by atoms with van der Waals surface area (Å²) in [7, 11) is 1.51. The average Bonchev–Trinajstić information content (AvgIpc) is 3.10. The van der Waals surface area contributed by atoms with E-state index in [0.717, 1.165) is 0 Å². The maximum atomic E-state index is 13.4. The summed E-state index contributed by atoms with van der Waals surface area (Å²) >= 11 is 16.3. The first-order valence-corrected chi connectivity index (χ1v) is 20.7. The summed E-state index contributed by atoms with van der Waals surface area (Å²) in [5.74, 6) is -0.140. The van der Waals surface area contributed by atoms with Gasteiger partial charge in [-0.1, -0.05) is 12.8 Å². The Balaban J connectivity index is 5.27. The molecule has 0 aromatic heterocycles. The molecular formula is C34H62N6O8S4. The molecule has 0 aromatic rings. The van der Waals surface area contributed by atoms with Crippen LogP contribution in [0.1, 0.15) is 96.3 Å². The fourth-order valence-corrected chi connectivity index (χ4v) is 5.85. The molecule has 0 saturated heterocycles. The molecule has 0 saturated carbocycles. The Bertz CT molecular complexity index is 1070. The number of carbonyl (C=O) groups excluding carboxylic acids is 7. The Kier molecular flexibility index (Phi) is 32.0.